The third kappa shape index (κ3) is 2.15. The Morgan fingerprint density at radius 2 is 2.25 bits per heavy atom. The summed E-state index contributed by atoms with van der Waals surface area (Å²) < 4.78 is 2.86. The van der Waals surface area contributed by atoms with Crippen LogP contribution in [0.2, 0.25) is 0 Å². The molecule has 0 saturated carbocycles. The lowest BCUT2D eigenvalue weighted by Crippen LogP contribution is -2.11. The lowest BCUT2D eigenvalue weighted by Gasteiger charge is -2.08. The molecule has 0 aliphatic rings. The quantitative estimate of drug-likeness (QED) is 0.936. The van der Waals surface area contributed by atoms with Crippen LogP contribution in [0.1, 0.15) is 11.3 Å². The summed E-state index contributed by atoms with van der Waals surface area (Å²) in [7, 11) is 1.90. The Bertz CT molecular complexity index is 492. The van der Waals surface area contributed by atoms with Gasteiger partial charge in [0, 0.05) is 11.0 Å². The first-order valence-electron chi connectivity index (χ1n) is 5.03. The standard InChI is InChI=1S/C11H13BrN4/c1-8-3-4-11(10(12)5-8)16-9(6-13-2)7-14-15-16/h3-5,7,13H,6H2,1-2H3. The molecule has 0 spiro atoms. The Labute approximate surface area is 103 Å². The summed E-state index contributed by atoms with van der Waals surface area (Å²) in [6.07, 6.45) is 1.77. The summed E-state index contributed by atoms with van der Waals surface area (Å²) in [4.78, 5) is 0. The zero-order valence-electron chi connectivity index (χ0n) is 9.24. The van der Waals surface area contributed by atoms with Gasteiger partial charge in [0.2, 0.25) is 0 Å². The average Bonchev–Trinajstić information content (AvgIpc) is 2.67. The molecule has 0 radical (unpaired) electrons. The molecule has 1 aromatic heterocycles. The highest BCUT2D eigenvalue weighted by Gasteiger charge is 2.08. The molecule has 0 atom stereocenters. The van der Waals surface area contributed by atoms with Crippen LogP contribution in [0.3, 0.4) is 0 Å². The number of aryl methyl sites for hydroxylation is 1. The van der Waals surface area contributed by atoms with Gasteiger partial charge in [-0.2, -0.15) is 0 Å². The second-order valence-electron chi connectivity index (χ2n) is 3.62. The molecule has 16 heavy (non-hydrogen) atoms. The third-order valence-electron chi connectivity index (χ3n) is 2.31. The normalized spacial score (nSPS) is 10.7. The van der Waals surface area contributed by atoms with Gasteiger partial charge in [-0.3, -0.25) is 0 Å². The minimum absolute atomic E-state index is 0.743. The lowest BCUT2D eigenvalue weighted by atomic mass is 10.2. The number of nitrogens with one attached hydrogen (secondary N) is 1. The monoisotopic (exact) mass is 280 g/mol. The molecule has 2 rings (SSSR count). The number of hydrogen-bond acceptors (Lipinski definition) is 3. The zero-order valence-corrected chi connectivity index (χ0v) is 10.8. The van der Waals surface area contributed by atoms with Crippen LogP contribution in [0.5, 0.6) is 0 Å². The SMILES string of the molecule is CNCc1cnnn1-c1ccc(C)cc1Br. The van der Waals surface area contributed by atoms with Gasteiger partial charge in [0.05, 0.1) is 17.6 Å². The topological polar surface area (TPSA) is 42.7 Å². The Kier molecular flexibility index (Phi) is 3.36. The molecule has 5 heteroatoms. The van der Waals surface area contributed by atoms with Crippen molar-refractivity contribution in [2.24, 2.45) is 0 Å². The van der Waals surface area contributed by atoms with E-state index in [-0.39, 0.29) is 0 Å². The first-order valence-corrected chi connectivity index (χ1v) is 5.82. The van der Waals surface area contributed by atoms with Crippen LogP contribution in [0.25, 0.3) is 5.69 Å². The number of benzene rings is 1. The van der Waals surface area contributed by atoms with E-state index >= 15 is 0 Å². The van der Waals surface area contributed by atoms with Crippen LogP contribution in [0.15, 0.2) is 28.9 Å². The molecule has 84 valence electrons. The van der Waals surface area contributed by atoms with Crippen molar-refractivity contribution in [2.75, 3.05) is 7.05 Å². The zero-order chi connectivity index (χ0) is 11.5. The second kappa shape index (κ2) is 4.76. The summed E-state index contributed by atoms with van der Waals surface area (Å²) in [6.45, 7) is 2.80. The van der Waals surface area contributed by atoms with Crippen LogP contribution < -0.4 is 5.32 Å². The minimum atomic E-state index is 0.743. The van der Waals surface area contributed by atoms with Crippen LogP contribution in [-0.4, -0.2) is 22.0 Å². The molecule has 1 aromatic carbocycles. The third-order valence-corrected chi connectivity index (χ3v) is 2.94. The summed E-state index contributed by atoms with van der Waals surface area (Å²) >= 11 is 3.54. The Hall–Kier alpha value is -1.20. The van der Waals surface area contributed by atoms with Gasteiger partial charge in [-0.1, -0.05) is 11.3 Å². The number of nitrogens with zero attached hydrogens (tertiary/aromatic N) is 3. The molecule has 4 nitrogen and oxygen atoms in total. The largest absolute Gasteiger partial charge is 0.314 e. The predicted molar refractivity (Wildman–Crippen MR) is 66.6 cm³/mol. The predicted octanol–water partition coefficient (Wildman–Crippen LogP) is 2.06. The van der Waals surface area contributed by atoms with Gasteiger partial charge < -0.3 is 5.32 Å². The number of halogens is 1. The first kappa shape index (κ1) is 11.3. The van der Waals surface area contributed by atoms with Crippen LogP contribution in [0.4, 0.5) is 0 Å². The number of hydrogen-bond donors (Lipinski definition) is 1. The van der Waals surface area contributed by atoms with Crippen molar-refractivity contribution in [1.29, 1.82) is 0 Å². The highest BCUT2D eigenvalue weighted by molar-refractivity contribution is 9.10. The maximum Gasteiger partial charge on any atom is 0.0809 e. The van der Waals surface area contributed by atoms with E-state index in [2.05, 4.69) is 50.6 Å². The van der Waals surface area contributed by atoms with Crippen LogP contribution in [-0.2, 0) is 6.54 Å². The van der Waals surface area contributed by atoms with E-state index in [1.807, 2.05) is 17.8 Å². The molecule has 0 bridgehead atoms. The molecular weight excluding hydrogens is 268 g/mol. The van der Waals surface area contributed by atoms with Crippen molar-refractivity contribution in [3.05, 3.63) is 40.1 Å². The fraction of sp³-hybridized carbons (Fsp3) is 0.273. The van der Waals surface area contributed by atoms with E-state index in [4.69, 9.17) is 0 Å². The molecule has 2 aromatic rings. The van der Waals surface area contributed by atoms with E-state index in [1.54, 1.807) is 6.20 Å². The van der Waals surface area contributed by atoms with Gasteiger partial charge >= 0.3 is 0 Å². The van der Waals surface area contributed by atoms with Crippen molar-refractivity contribution >= 4 is 15.9 Å². The molecule has 0 amide bonds. The van der Waals surface area contributed by atoms with Gasteiger partial charge in [-0.05, 0) is 47.6 Å². The second-order valence-corrected chi connectivity index (χ2v) is 4.48. The van der Waals surface area contributed by atoms with Crippen molar-refractivity contribution < 1.29 is 0 Å². The van der Waals surface area contributed by atoms with Gasteiger partial charge in [-0.25, -0.2) is 4.68 Å². The Balaban J connectivity index is 2.46. The van der Waals surface area contributed by atoms with E-state index in [0.717, 1.165) is 22.4 Å². The molecule has 0 aliphatic carbocycles. The molecule has 1 heterocycles. The van der Waals surface area contributed by atoms with Gasteiger partial charge in [0.15, 0.2) is 0 Å². The summed E-state index contributed by atoms with van der Waals surface area (Å²) in [5.74, 6) is 0. The molecule has 0 saturated heterocycles. The molecule has 0 fully saturated rings. The van der Waals surface area contributed by atoms with E-state index in [1.165, 1.54) is 5.56 Å². The number of aromatic nitrogens is 3. The first-order chi connectivity index (χ1) is 7.72. The fourth-order valence-corrected chi connectivity index (χ4v) is 2.21. The van der Waals surface area contributed by atoms with E-state index in [9.17, 15) is 0 Å². The molecule has 1 N–H and O–H groups in total. The van der Waals surface area contributed by atoms with Crippen molar-refractivity contribution in [2.45, 2.75) is 13.5 Å². The molecule has 0 unspecified atom stereocenters. The fourth-order valence-electron chi connectivity index (χ4n) is 1.54. The molecule has 0 aliphatic heterocycles. The van der Waals surface area contributed by atoms with Crippen molar-refractivity contribution in [3.8, 4) is 5.69 Å². The highest BCUT2D eigenvalue weighted by Crippen LogP contribution is 2.22. The van der Waals surface area contributed by atoms with Crippen LogP contribution in [0, 0.1) is 6.92 Å². The highest BCUT2D eigenvalue weighted by atomic mass is 79.9. The maximum atomic E-state index is 4.09. The lowest BCUT2D eigenvalue weighted by molar-refractivity contribution is 0.712. The van der Waals surface area contributed by atoms with E-state index in [0.29, 0.717) is 0 Å². The minimum Gasteiger partial charge on any atom is -0.314 e. The van der Waals surface area contributed by atoms with Crippen LogP contribution >= 0.6 is 15.9 Å². The Morgan fingerprint density at radius 3 is 2.94 bits per heavy atom. The van der Waals surface area contributed by atoms with E-state index < -0.39 is 0 Å². The summed E-state index contributed by atoms with van der Waals surface area (Å²) in [6, 6.07) is 6.17. The Morgan fingerprint density at radius 1 is 1.44 bits per heavy atom. The molecular formula is C11H13BrN4. The van der Waals surface area contributed by atoms with Gasteiger partial charge in [0.25, 0.3) is 0 Å². The number of rotatable bonds is 3. The summed E-state index contributed by atoms with van der Waals surface area (Å²) in [5.41, 5.74) is 3.26. The smallest absolute Gasteiger partial charge is 0.0809 e. The van der Waals surface area contributed by atoms with Gasteiger partial charge in [0.1, 0.15) is 0 Å². The maximum absolute atomic E-state index is 4.09. The average molecular weight is 281 g/mol. The van der Waals surface area contributed by atoms with Crippen molar-refractivity contribution in [3.63, 3.8) is 0 Å². The van der Waals surface area contributed by atoms with Crippen molar-refractivity contribution in [1.82, 2.24) is 20.3 Å². The van der Waals surface area contributed by atoms with Gasteiger partial charge in [-0.15, -0.1) is 5.10 Å². The summed E-state index contributed by atoms with van der Waals surface area (Å²) in [5, 5.41) is 11.1.